The number of methoxy groups -OCH3 is 1. The maximum Gasteiger partial charge on any atom is 0.327 e. The molecule has 2 aromatic rings. The minimum absolute atomic E-state index is 0.0533. The lowest BCUT2D eigenvalue weighted by atomic mass is 9.77. The van der Waals surface area contributed by atoms with Crippen LogP contribution in [0.1, 0.15) is 24.0 Å². The molecular weight excluding hydrogens is 406 g/mol. The Morgan fingerprint density at radius 1 is 1.16 bits per heavy atom. The summed E-state index contributed by atoms with van der Waals surface area (Å²) < 4.78 is 10.2. The van der Waals surface area contributed by atoms with Crippen LogP contribution in [0.25, 0.3) is 0 Å². The molecule has 11 heteroatoms. The maximum absolute atomic E-state index is 13.4. The van der Waals surface area contributed by atoms with Crippen LogP contribution in [0.3, 0.4) is 0 Å². The highest BCUT2D eigenvalue weighted by atomic mass is 16.5. The number of aromatic amines is 2. The van der Waals surface area contributed by atoms with Crippen molar-refractivity contribution >= 4 is 23.4 Å². The molecule has 2 aliphatic heterocycles. The van der Waals surface area contributed by atoms with Crippen LogP contribution in [0.5, 0.6) is 5.75 Å². The number of H-pyrrole nitrogens is 2. The van der Waals surface area contributed by atoms with Crippen molar-refractivity contribution in [3.63, 3.8) is 0 Å². The summed E-state index contributed by atoms with van der Waals surface area (Å²) >= 11 is 0. The maximum atomic E-state index is 13.4. The van der Waals surface area contributed by atoms with Crippen molar-refractivity contribution < 1.29 is 19.1 Å². The van der Waals surface area contributed by atoms with Gasteiger partial charge in [0, 0.05) is 0 Å². The van der Waals surface area contributed by atoms with Crippen molar-refractivity contribution in [2.45, 2.75) is 12.8 Å². The Morgan fingerprint density at radius 3 is 2.52 bits per heavy atom. The number of ether oxygens (including phenoxy) is 2. The van der Waals surface area contributed by atoms with E-state index >= 15 is 0 Å². The molecule has 0 spiro atoms. The van der Waals surface area contributed by atoms with Crippen LogP contribution in [0, 0.1) is 5.92 Å². The zero-order valence-corrected chi connectivity index (χ0v) is 16.6. The molecule has 0 radical (unpaired) electrons. The fourth-order valence-corrected chi connectivity index (χ4v) is 3.75. The predicted molar refractivity (Wildman–Crippen MR) is 110 cm³/mol. The van der Waals surface area contributed by atoms with E-state index in [9.17, 15) is 19.2 Å². The van der Waals surface area contributed by atoms with Gasteiger partial charge in [0.05, 0.1) is 30.8 Å². The number of nitrogens with two attached hydrogens (primary N) is 1. The van der Waals surface area contributed by atoms with E-state index in [2.05, 4.69) is 20.3 Å². The molecule has 0 bridgehead atoms. The number of Topliss-reactive ketones (excluding diaryl/α,β-unsaturated/α-hetero) is 1. The molecule has 1 aromatic heterocycles. The fourth-order valence-electron chi connectivity index (χ4n) is 3.75. The molecule has 0 saturated carbocycles. The first kappa shape index (κ1) is 20.1. The number of esters is 1. The Hall–Kier alpha value is -4.15. The molecule has 4 rings (SSSR count). The molecule has 5 N–H and O–H groups in total. The Morgan fingerprint density at radius 2 is 1.87 bits per heavy atom. The number of benzene rings is 1. The summed E-state index contributed by atoms with van der Waals surface area (Å²) in [6.07, 6.45) is 0. The number of hydrogen-bond donors (Lipinski definition) is 4. The molecule has 0 saturated heterocycles. The highest BCUT2D eigenvalue weighted by Crippen LogP contribution is 2.42. The molecule has 3 heterocycles. The lowest BCUT2D eigenvalue weighted by Gasteiger charge is -2.32. The van der Waals surface area contributed by atoms with Gasteiger partial charge < -0.3 is 20.5 Å². The monoisotopic (exact) mass is 425 g/mol. The minimum Gasteiger partial charge on any atom is -0.497 e. The fraction of sp³-hybridized carbons (Fsp3) is 0.250. The standard InChI is InChI=1S/C20H19N5O6/c1-3-31-19(28)13-14(26)11-10(8-4-6-9(30-2)7-5-8)12-17(23-16(11)22-15(13)21)24-20(29)25-18(12)27/h4-7,10,13H,3H2,1-2H3,(H2,21,22)(H3,23,24,25,27,29). The number of allylic oxidation sites excluding steroid dienone is 1. The highest BCUT2D eigenvalue weighted by molar-refractivity contribution is 6.25. The van der Waals surface area contributed by atoms with Gasteiger partial charge >= 0.3 is 11.7 Å². The van der Waals surface area contributed by atoms with Gasteiger partial charge in [0.1, 0.15) is 23.2 Å². The Bertz CT molecular complexity index is 1250. The SMILES string of the molecule is CCOC(=O)C1C(=O)C2=C(N=C1N)Nc1[nH]c(=O)[nH]c(=O)c1C2c1ccc(OC)cc1. The summed E-state index contributed by atoms with van der Waals surface area (Å²) in [7, 11) is 1.51. The first-order chi connectivity index (χ1) is 14.8. The molecule has 11 nitrogen and oxygen atoms in total. The van der Waals surface area contributed by atoms with Crippen molar-refractivity contribution in [2.75, 3.05) is 19.0 Å². The quantitative estimate of drug-likeness (QED) is 0.391. The van der Waals surface area contributed by atoms with E-state index in [-0.39, 0.29) is 35.2 Å². The van der Waals surface area contributed by atoms with E-state index in [0.29, 0.717) is 11.3 Å². The zero-order chi connectivity index (χ0) is 22.3. The lowest BCUT2D eigenvalue weighted by Crippen LogP contribution is -2.45. The lowest BCUT2D eigenvalue weighted by molar-refractivity contribution is -0.148. The molecule has 2 unspecified atom stereocenters. The van der Waals surface area contributed by atoms with Crippen LogP contribution >= 0.6 is 0 Å². The molecular formula is C20H19N5O6. The van der Waals surface area contributed by atoms with Crippen LogP contribution in [0.4, 0.5) is 5.82 Å². The van der Waals surface area contributed by atoms with E-state index < -0.39 is 34.8 Å². The smallest absolute Gasteiger partial charge is 0.327 e. The summed E-state index contributed by atoms with van der Waals surface area (Å²) in [5.74, 6) is -3.32. The molecule has 160 valence electrons. The number of carbonyl (C=O) groups excluding carboxylic acids is 2. The Balaban J connectivity index is 1.94. The molecule has 0 fully saturated rings. The Labute approximate surface area is 175 Å². The normalized spacial score (nSPS) is 19.7. The first-order valence-electron chi connectivity index (χ1n) is 9.42. The number of ketones is 1. The van der Waals surface area contributed by atoms with Crippen molar-refractivity contribution in [2.24, 2.45) is 16.6 Å². The van der Waals surface area contributed by atoms with Crippen LogP contribution in [-0.4, -0.2) is 41.3 Å². The number of rotatable bonds is 4. The minimum atomic E-state index is -1.43. The molecule has 0 aliphatic carbocycles. The second-order valence-electron chi connectivity index (χ2n) is 6.88. The van der Waals surface area contributed by atoms with E-state index in [1.54, 1.807) is 31.2 Å². The molecule has 31 heavy (non-hydrogen) atoms. The van der Waals surface area contributed by atoms with E-state index in [1.807, 2.05) is 0 Å². The van der Waals surface area contributed by atoms with Crippen molar-refractivity contribution in [1.82, 2.24) is 9.97 Å². The van der Waals surface area contributed by atoms with E-state index in [0.717, 1.165) is 0 Å². The summed E-state index contributed by atoms with van der Waals surface area (Å²) in [4.78, 5) is 59.2. The summed E-state index contributed by atoms with van der Waals surface area (Å²) in [5.41, 5.74) is 5.24. The van der Waals surface area contributed by atoms with Gasteiger partial charge in [-0.25, -0.2) is 9.79 Å². The highest BCUT2D eigenvalue weighted by Gasteiger charge is 2.45. The third-order valence-electron chi connectivity index (χ3n) is 5.09. The molecule has 0 amide bonds. The largest absolute Gasteiger partial charge is 0.497 e. The van der Waals surface area contributed by atoms with Crippen molar-refractivity contribution in [3.05, 3.63) is 67.6 Å². The first-order valence-corrected chi connectivity index (χ1v) is 9.42. The topological polar surface area (TPSA) is 169 Å². The van der Waals surface area contributed by atoms with Gasteiger partial charge in [0.2, 0.25) is 0 Å². The second-order valence-corrected chi connectivity index (χ2v) is 6.88. The number of aromatic nitrogens is 2. The zero-order valence-electron chi connectivity index (χ0n) is 16.6. The van der Waals surface area contributed by atoms with Gasteiger partial charge in [-0.3, -0.25) is 24.4 Å². The summed E-state index contributed by atoms with van der Waals surface area (Å²) in [6, 6.07) is 6.71. The van der Waals surface area contributed by atoms with Gasteiger partial charge in [-0.05, 0) is 24.6 Å². The average molecular weight is 425 g/mol. The number of anilines is 1. The third kappa shape index (κ3) is 3.29. The van der Waals surface area contributed by atoms with Gasteiger partial charge in [-0.2, -0.15) is 0 Å². The summed E-state index contributed by atoms with van der Waals surface area (Å²) in [6.45, 7) is 1.67. The van der Waals surface area contributed by atoms with Crippen LogP contribution < -0.4 is 27.0 Å². The van der Waals surface area contributed by atoms with Crippen LogP contribution in [0.2, 0.25) is 0 Å². The molecule has 2 aliphatic rings. The van der Waals surface area contributed by atoms with Gasteiger partial charge in [0.25, 0.3) is 5.56 Å². The third-order valence-corrected chi connectivity index (χ3v) is 5.09. The Kier molecular flexibility index (Phi) is 4.93. The number of aliphatic imine (C=N–C) groups is 1. The van der Waals surface area contributed by atoms with E-state index in [1.165, 1.54) is 7.11 Å². The number of amidine groups is 1. The summed E-state index contributed by atoms with van der Waals surface area (Å²) in [5, 5.41) is 2.79. The van der Waals surface area contributed by atoms with Gasteiger partial charge in [-0.1, -0.05) is 12.1 Å². The number of nitrogens with zero attached hydrogens (tertiary/aromatic N) is 1. The molecule has 1 aromatic carbocycles. The van der Waals surface area contributed by atoms with Crippen LogP contribution in [-0.2, 0) is 14.3 Å². The average Bonchev–Trinajstić information content (AvgIpc) is 2.72. The van der Waals surface area contributed by atoms with Gasteiger partial charge in [-0.15, -0.1) is 0 Å². The van der Waals surface area contributed by atoms with Crippen LogP contribution in [0.15, 0.2) is 50.2 Å². The predicted octanol–water partition coefficient (Wildman–Crippen LogP) is -0.0400. The number of hydrogen-bond acceptors (Lipinski definition) is 9. The number of nitrogens with one attached hydrogen (secondary N) is 3. The number of carbonyl (C=O) groups is 2. The van der Waals surface area contributed by atoms with E-state index in [4.69, 9.17) is 15.2 Å². The van der Waals surface area contributed by atoms with Crippen molar-refractivity contribution in [1.29, 1.82) is 0 Å². The number of fused-ring (bicyclic) bond motifs is 1. The van der Waals surface area contributed by atoms with Gasteiger partial charge in [0.15, 0.2) is 11.7 Å². The van der Waals surface area contributed by atoms with Crippen molar-refractivity contribution in [3.8, 4) is 5.75 Å². The second kappa shape index (κ2) is 7.59. The molecule has 2 atom stereocenters.